The molecule has 3 nitrogen and oxygen atoms in total. The van der Waals surface area contributed by atoms with E-state index in [1.165, 1.54) is 11.1 Å². The van der Waals surface area contributed by atoms with Gasteiger partial charge in [0.2, 0.25) is 0 Å². The van der Waals surface area contributed by atoms with Crippen molar-refractivity contribution in [1.29, 1.82) is 0 Å². The lowest BCUT2D eigenvalue weighted by molar-refractivity contribution is 0.0650. The van der Waals surface area contributed by atoms with Crippen LogP contribution in [-0.4, -0.2) is 36.6 Å². The van der Waals surface area contributed by atoms with Gasteiger partial charge in [0.25, 0.3) is 0 Å². The van der Waals surface area contributed by atoms with Crippen molar-refractivity contribution in [3.05, 3.63) is 35.4 Å². The maximum absolute atomic E-state index is 8.09. The SMILES string of the molecule is CC(C)c1ccccc1C(C)C.OCCOCCO. The van der Waals surface area contributed by atoms with Crippen molar-refractivity contribution >= 4 is 0 Å². The highest BCUT2D eigenvalue weighted by atomic mass is 16.5. The lowest BCUT2D eigenvalue weighted by atomic mass is 9.91. The minimum absolute atomic E-state index is 0.0278. The van der Waals surface area contributed by atoms with Crippen LogP contribution in [0.15, 0.2) is 24.3 Å². The first kappa shape index (κ1) is 18.1. The van der Waals surface area contributed by atoms with Crippen LogP contribution in [0, 0.1) is 0 Å². The van der Waals surface area contributed by atoms with Crippen LogP contribution >= 0.6 is 0 Å². The summed E-state index contributed by atoms with van der Waals surface area (Å²) >= 11 is 0. The molecule has 19 heavy (non-hydrogen) atoms. The van der Waals surface area contributed by atoms with Crippen molar-refractivity contribution < 1.29 is 14.9 Å². The Balaban J connectivity index is 0.000000399. The fraction of sp³-hybridized carbons (Fsp3) is 0.625. The van der Waals surface area contributed by atoms with Crippen LogP contribution in [0.2, 0.25) is 0 Å². The van der Waals surface area contributed by atoms with Crippen LogP contribution in [0.4, 0.5) is 0 Å². The first-order chi connectivity index (χ1) is 9.04. The molecule has 0 radical (unpaired) electrons. The molecule has 110 valence electrons. The number of hydrogen-bond acceptors (Lipinski definition) is 3. The normalized spacial score (nSPS) is 10.5. The average molecular weight is 268 g/mol. The third kappa shape index (κ3) is 7.98. The molecule has 2 N–H and O–H groups in total. The van der Waals surface area contributed by atoms with Gasteiger partial charge in [0.1, 0.15) is 0 Å². The van der Waals surface area contributed by atoms with Gasteiger partial charge in [0.15, 0.2) is 0 Å². The summed E-state index contributed by atoms with van der Waals surface area (Å²) in [6, 6.07) is 8.72. The summed E-state index contributed by atoms with van der Waals surface area (Å²) in [6.45, 7) is 9.70. The van der Waals surface area contributed by atoms with Gasteiger partial charge in [-0.15, -0.1) is 0 Å². The second kappa shape index (κ2) is 11.0. The molecule has 0 amide bonds. The fourth-order valence-corrected chi connectivity index (χ4v) is 1.79. The Morgan fingerprint density at radius 1 is 0.842 bits per heavy atom. The van der Waals surface area contributed by atoms with Crippen LogP contribution in [0.3, 0.4) is 0 Å². The van der Waals surface area contributed by atoms with Gasteiger partial charge in [-0.05, 0) is 23.0 Å². The zero-order valence-corrected chi connectivity index (χ0v) is 12.6. The molecular weight excluding hydrogens is 240 g/mol. The third-order valence-corrected chi connectivity index (χ3v) is 2.71. The van der Waals surface area contributed by atoms with E-state index in [1.54, 1.807) is 0 Å². The van der Waals surface area contributed by atoms with Crippen LogP contribution in [0.5, 0.6) is 0 Å². The van der Waals surface area contributed by atoms with Crippen molar-refractivity contribution in [2.45, 2.75) is 39.5 Å². The van der Waals surface area contributed by atoms with Gasteiger partial charge in [-0.2, -0.15) is 0 Å². The lowest BCUT2D eigenvalue weighted by Crippen LogP contribution is -2.03. The summed E-state index contributed by atoms with van der Waals surface area (Å²) < 4.78 is 4.63. The van der Waals surface area contributed by atoms with Crippen molar-refractivity contribution in [2.75, 3.05) is 26.4 Å². The summed E-state index contributed by atoms with van der Waals surface area (Å²) in [5.74, 6) is 1.28. The van der Waals surface area contributed by atoms with Gasteiger partial charge >= 0.3 is 0 Å². The molecule has 1 aromatic carbocycles. The Bertz CT molecular complexity index is 291. The van der Waals surface area contributed by atoms with E-state index in [9.17, 15) is 0 Å². The maximum atomic E-state index is 8.09. The first-order valence-corrected chi connectivity index (χ1v) is 6.92. The van der Waals surface area contributed by atoms with E-state index in [-0.39, 0.29) is 13.2 Å². The number of ether oxygens (including phenoxy) is 1. The fourth-order valence-electron chi connectivity index (χ4n) is 1.79. The van der Waals surface area contributed by atoms with Gasteiger partial charge in [-0.3, -0.25) is 0 Å². The maximum Gasteiger partial charge on any atom is 0.0698 e. The largest absolute Gasteiger partial charge is 0.394 e. The molecule has 0 spiro atoms. The molecule has 0 aliphatic carbocycles. The molecule has 3 heteroatoms. The summed E-state index contributed by atoms with van der Waals surface area (Å²) in [4.78, 5) is 0. The second-order valence-corrected chi connectivity index (χ2v) is 5.00. The van der Waals surface area contributed by atoms with Gasteiger partial charge in [-0.25, -0.2) is 0 Å². The van der Waals surface area contributed by atoms with Crippen LogP contribution in [0.25, 0.3) is 0 Å². The first-order valence-electron chi connectivity index (χ1n) is 6.92. The molecule has 0 aliphatic heterocycles. The number of hydrogen-bond donors (Lipinski definition) is 2. The van der Waals surface area contributed by atoms with Crippen LogP contribution in [-0.2, 0) is 4.74 Å². The molecule has 0 bridgehead atoms. The lowest BCUT2D eigenvalue weighted by Gasteiger charge is -2.14. The van der Waals surface area contributed by atoms with E-state index in [0.29, 0.717) is 25.0 Å². The quantitative estimate of drug-likeness (QED) is 0.780. The zero-order chi connectivity index (χ0) is 14.7. The zero-order valence-electron chi connectivity index (χ0n) is 12.6. The molecule has 0 unspecified atom stereocenters. The van der Waals surface area contributed by atoms with Gasteiger partial charge in [0.05, 0.1) is 26.4 Å². The second-order valence-electron chi connectivity index (χ2n) is 5.00. The van der Waals surface area contributed by atoms with E-state index in [0.717, 1.165) is 0 Å². The van der Waals surface area contributed by atoms with Crippen LogP contribution < -0.4 is 0 Å². The molecule has 1 rings (SSSR count). The molecule has 0 aliphatic rings. The van der Waals surface area contributed by atoms with Crippen molar-refractivity contribution in [3.63, 3.8) is 0 Å². The summed E-state index contributed by atoms with van der Waals surface area (Å²) in [6.07, 6.45) is 0. The Labute approximate surface area is 117 Å². The Hall–Kier alpha value is -0.900. The summed E-state index contributed by atoms with van der Waals surface area (Å²) in [5.41, 5.74) is 2.99. The molecule has 0 atom stereocenters. The third-order valence-electron chi connectivity index (χ3n) is 2.71. The molecule has 1 aromatic rings. The smallest absolute Gasteiger partial charge is 0.0698 e. The molecular formula is C16H28O3. The van der Waals surface area contributed by atoms with Crippen molar-refractivity contribution in [2.24, 2.45) is 0 Å². The van der Waals surface area contributed by atoms with Crippen LogP contribution in [0.1, 0.15) is 50.7 Å². The minimum atomic E-state index is 0.0278. The predicted molar refractivity (Wildman–Crippen MR) is 79.6 cm³/mol. The number of aliphatic hydroxyl groups is 2. The minimum Gasteiger partial charge on any atom is -0.394 e. The molecule has 0 heterocycles. The summed E-state index contributed by atoms with van der Waals surface area (Å²) in [5, 5.41) is 16.2. The molecule has 0 saturated carbocycles. The van der Waals surface area contributed by atoms with Gasteiger partial charge < -0.3 is 14.9 Å². The predicted octanol–water partition coefficient (Wildman–Crippen LogP) is 2.92. The van der Waals surface area contributed by atoms with E-state index >= 15 is 0 Å². The molecule has 0 saturated heterocycles. The van der Waals surface area contributed by atoms with E-state index in [4.69, 9.17) is 10.2 Å². The molecule has 0 aromatic heterocycles. The molecule has 0 fully saturated rings. The topological polar surface area (TPSA) is 49.7 Å². The Morgan fingerprint density at radius 2 is 1.21 bits per heavy atom. The monoisotopic (exact) mass is 268 g/mol. The number of benzene rings is 1. The number of aliphatic hydroxyl groups excluding tert-OH is 2. The average Bonchev–Trinajstić information content (AvgIpc) is 2.40. The highest BCUT2D eigenvalue weighted by Gasteiger charge is 2.07. The van der Waals surface area contributed by atoms with Crippen molar-refractivity contribution in [3.8, 4) is 0 Å². The van der Waals surface area contributed by atoms with E-state index < -0.39 is 0 Å². The number of rotatable bonds is 6. The van der Waals surface area contributed by atoms with Gasteiger partial charge in [-0.1, -0.05) is 52.0 Å². The Kier molecular flexibility index (Phi) is 10.5. The highest BCUT2D eigenvalue weighted by molar-refractivity contribution is 5.31. The highest BCUT2D eigenvalue weighted by Crippen LogP contribution is 2.25. The Morgan fingerprint density at radius 3 is 1.47 bits per heavy atom. The standard InChI is InChI=1S/C12H18.C4H10O3/c1-9(2)11-7-5-6-8-12(11)10(3)4;5-1-3-7-4-2-6/h5-10H,1-4H3;5-6H,1-4H2. The van der Waals surface area contributed by atoms with E-state index in [2.05, 4.69) is 56.7 Å². The van der Waals surface area contributed by atoms with Gasteiger partial charge in [0, 0.05) is 0 Å². The van der Waals surface area contributed by atoms with E-state index in [1.807, 2.05) is 0 Å². The summed E-state index contributed by atoms with van der Waals surface area (Å²) in [7, 11) is 0. The van der Waals surface area contributed by atoms with Crippen molar-refractivity contribution in [1.82, 2.24) is 0 Å².